The molecule has 6 nitrogen and oxygen atoms in total. The molecule has 8 heteroatoms. The molecule has 0 aromatic heterocycles. The van der Waals surface area contributed by atoms with E-state index in [4.69, 9.17) is 27.1 Å². The second-order valence-corrected chi connectivity index (χ2v) is 4.02. The Morgan fingerprint density at radius 2 is 1.36 bits per heavy atom. The predicted molar refractivity (Wildman–Crippen MR) is 35.0 cm³/mol. The van der Waals surface area contributed by atoms with Crippen LogP contribution in [0.3, 0.4) is 0 Å². The molecule has 0 amide bonds. The first-order valence-corrected chi connectivity index (χ1v) is 5.02. The summed E-state index contributed by atoms with van der Waals surface area (Å²) in [5, 5.41) is 0. The lowest BCUT2D eigenvalue weighted by atomic mass is 11.5. The van der Waals surface area contributed by atoms with Gasteiger partial charge in [0.25, 0.3) is 0 Å². The Morgan fingerprint density at radius 3 is 1.64 bits per heavy atom. The molecule has 11 heavy (non-hydrogen) atoms. The molecule has 0 saturated carbocycles. The van der Waals surface area contributed by atoms with E-state index in [1.165, 1.54) is 0 Å². The van der Waals surface area contributed by atoms with Gasteiger partial charge in [-0.15, -0.1) is 0 Å². The summed E-state index contributed by atoms with van der Waals surface area (Å²) in [4.78, 5) is 0. The molecule has 2 aliphatic heterocycles. The molecular weight excluding hydrogens is 194 g/mol. The van der Waals surface area contributed by atoms with Crippen LogP contribution in [0, 0.1) is 0 Å². The quantitative estimate of drug-likeness (QED) is 0.505. The van der Waals surface area contributed by atoms with Crippen molar-refractivity contribution in [3.8, 4) is 0 Å². The van der Waals surface area contributed by atoms with E-state index in [2.05, 4.69) is 0 Å². The van der Waals surface area contributed by atoms with Crippen molar-refractivity contribution < 1.29 is 27.1 Å². The van der Waals surface area contributed by atoms with E-state index in [1.54, 1.807) is 0 Å². The first-order valence-electron chi connectivity index (χ1n) is 2.83. The molecule has 0 bridgehead atoms. The Bertz CT molecular complexity index is 111. The Kier molecular flexibility index (Phi) is 3.01. The summed E-state index contributed by atoms with van der Waals surface area (Å²) in [6.45, 7) is 0.721. The molecule has 0 radical (unpaired) electrons. The van der Waals surface area contributed by atoms with Gasteiger partial charge in [0.2, 0.25) is 0 Å². The van der Waals surface area contributed by atoms with Crippen LogP contribution in [-0.2, 0) is 27.1 Å². The fourth-order valence-electron chi connectivity index (χ4n) is 0.450. The van der Waals surface area contributed by atoms with Crippen molar-refractivity contribution in [3.05, 3.63) is 0 Å². The second kappa shape index (κ2) is 4.03. The fraction of sp³-hybridized carbons (Fsp3) is 1.00. The highest BCUT2D eigenvalue weighted by Gasteiger charge is 2.25. The summed E-state index contributed by atoms with van der Waals surface area (Å²) < 4.78 is 29.2. The molecule has 2 saturated heterocycles. The van der Waals surface area contributed by atoms with Gasteiger partial charge < -0.3 is 0 Å². The SMILES string of the molecule is C1OP(OCOP2OCO2)O1. The van der Waals surface area contributed by atoms with Gasteiger partial charge in [-0.1, -0.05) is 0 Å². The summed E-state index contributed by atoms with van der Waals surface area (Å²) in [5.74, 6) is 0. The fourth-order valence-corrected chi connectivity index (χ4v) is 1.49. The zero-order chi connectivity index (χ0) is 7.52. The van der Waals surface area contributed by atoms with Crippen LogP contribution in [0.15, 0.2) is 0 Å². The van der Waals surface area contributed by atoms with Crippen LogP contribution in [0.4, 0.5) is 0 Å². The highest BCUT2D eigenvalue weighted by molar-refractivity contribution is 7.43. The highest BCUT2D eigenvalue weighted by atomic mass is 31.2. The van der Waals surface area contributed by atoms with Gasteiger partial charge in [0.15, 0.2) is 20.4 Å². The number of hydrogen-bond acceptors (Lipinski definition) is 6. The Balaban J connectivity index is 1.46. The maximum Gasteiger partial charge on any atom is 0.339 e. The molecule has 64 valence electrons. The Labute approximate surface area is 65.7 Å². The van der Waals surface area contributed by atoms with Crippen molar-refractivity contribution in [2.45, 2.75) is 0 Å². The van der Waals surface area contributed by atoms with Gasteiger partial charge >= 0.3 is 17.2 Å². The maximum absolute atomic E-state index is 4.94. The average Bonchev–Trinajstić information content (AvgIpc) is 1.79. The normalized spacial score (nSPS) is 26.2. The van der Waals surface area contributed by atoms with Gasteiger partial charge in [0.05, 0.1) is 0 Å². The van der Waals surface area contributed by atoms with E-state index < -0.39 is 17.2 Å². The second-order valence-electron chi connectivity index (χ2n) is 1.58. The van der Waals surface area contributed by atoms with Crippen LogP contribution in [-0.4, -0.2) is 20.4 Å². The Morgan fingerprint density at radius 1 is 0.909 bits per heavy atom. The van der Waals surface area contributed by atoms with Gasteiger partial charge in [-0.3, -0.25) is 27.1 Å². The third-order valence-corrected chi connectivity index (χ3v) is 2.85. The van der Waals surface area contributed by atoms with Gasteiger partial charge in [-0.2, -0.15) is 0 Å². The lowest BCUT2D eigenvalue weighted by molar-refractivity contribution is -0.0549. The summed E-state index contributed by atoms with van der Waals surface area (Å²) >= 11 is 0. The molecular formula is C3H6O6P2. The van der Waals surface area contributed by atoms with Crippen LogP contribution >= 0.6 is 17.2 Å². The monoisotopic (exact) mass is 200 g/mol. The topological polar surface area (TPSA) is 55.4 Å². The predicted octanol–water partition coefficient (Wildman–Crippen LogP) is 1.44. The van der Waals surface area contributed by atoms with Gasteiger partial charge in [0, 0.05) is 0 Å². The molecule has 2 heterocycles. The summed E-state index contributed by atoms with van der Waals surface area (Å²) in [7, 11) is -2.27. The molecule has 0 aliphatic carbocycles. The number of hydrogen-bond donors (Lipinski definition) is 0. The molecule has 0 spiro atoms. The lowest BCUT2D eigenvalue weighted by Gasteiger charge is -2.26. The van der Waals surface area contributed by atoms with Crippen molar-refractivity contribution in [1.82, 2.24) is 0 Å². The van der Waals surface area contributed by atoms with E-state index in [0.29, 0.717) is 13.6 Å². The van der Waals surface area contributed by atoms with Crippen molar-refractivity contribution in [2.24, 2.45) is 0 Å². The standard InChI is InChI=1S/C3H6O6P2/c1-4-10(5-1)8-3-9-11-6-2-7-11/h1-3H2. The average molecular weight is 200 g/mol. The molecule has 2 fully saturated rings. The Hall–Kier alpha value is 0.620. The summed E-state index contributed by atoms with van der Waals surface area (Å²) in [5.41, 5.74) is 0. The van der Waals surface area contributed by atoms with Crippen LogP contribution in [0.25, 0.3) is 0 Å². The van der Waals surface area contributed by atoms with E-state index in [0.717, 1.165) is 0 Å². The number of rotatable bonds is 4. The van der Waals surface area contributed by atoms with E-state index in [9.17, 15) is 0 Å². The van der Waals surface area contributed by atoms with Crippen molar-refractivity contribution >= 4 is 17.2 Å². The van der Waals surface area contributed by atoms with E-state index in [1.807, 2.05) is 0 Å². The lowest BCUT2D eigenvalue weighted by Crippen LogP contribution is -2.12. The van der Waals surface area contributed by atoms with Crippen LogP contribution in [0.1, 0.15) is 0 Å². The molecule has 0 atom stereocenters. The molecule has 0 N–H and O–H groups in total. The summed E-state index contributed by atoms with van der Waals surface area (Å²) in [6.07, 6.45) is 0. The first kappa shape index (κ1) is 8.23. The molecule has 0 aromatic carbocycles. The van der Waals surface area contributed by atoms with Crippen LogP contribution < -0.4 is 0 Å². The minimum Gasteiger partial charge on any atom is -0.284 e. The third-order valence-electron chi connectivity index (χ3n) is 0.949. The van der Waals surface area contributed by atoms with Crippen molar-refractivity contribution in [3.63, 3.8) is 0 Å². The van der Waals surface area contributed by atoms with Gasteiger partial charge in [-0.05, 0) is 0 Å². The van der Waals surface area contributed by atoms with E-state index in [-0.39, 0.29) is 6.79 Å². The largest absolute Gasteiger partial charge is 0.339 e. The minimum atomic E-state index is -1.14. The third kappa shape index (κ3) is 2.28. The molecule has 2 rings (SSSR count). The molecule has 0 aromatic rings. The van der Waals surface area contributed by atoms with Crippen molar-refractivity contribution in [1.29, 1.82) is 0 Å². The maximum atomic E-state index is 4.94. The molecule has 0 unspecified atom stereocenters. The zero-order valence-electron chi connectivity index (χ0n) is 5.47. The van der Waals surface area contributed by atoms with E-state index >= 15 is 0 Å². The summed E-state index contributed by atoms with van der Waals surface area (Å²) in [6, 6.07) is 0. The highest BCUT2D eigenvalue weighted by Crippen LogP contribution is 2.51. The smallest absolute Gasteiger partial charge is 0.284 e. The zero-order valence-corrected chi connectivity index (χ0v) is 7.25. The first-order chi connectivity index (χ1) is 5.45. The minimum absolute atomic E-state index is 0.0947. The van der Waals surface area contributed by atoms with Gasteiger partial charge in [0.1, 0.15) is 0 Å². The van der Waals surface area contributed by atoms with Crippen LogP contribution in [0.5, 0.6) is 0 Å². The van der Waals surface area contributed by atoms with Gasteiger partial charge in [-0.25, -0.2) is 0 Å². The van der Waals surface area contributed by atoms with Crippen molar-refractivity contribution in [2.75, 3.05) is 20.4 Å². The van der Waals surface area contributed by atoms with Crippen LogP contribution in [0.2, 0.25) is 0 Å². The molecule has 2 aliphatic rings.